The summed E-state index contributed by atoms with van der Waals surface area (Å²) in [5.74, 6) is -7.93. The second-order valence-corrected chi connectivity index (χ2v) is 10.3. The molecule has 2 unspecified atom stereocenters. The third-order valence-electron chi connectivity index (χ3n) is 5.29. The van der Waals surface area contributed by atoms with E-state index in [9.17, 15) is 54.1 Å². The highest BCUT2D eigenvalue weighted by Crippen LogP contribution is 2.35. The van der Waals surface area contributed by atoms with Crippen LogP contribution in [0.25, 0.3) is 0 Å². The van der Waals surface area contributed by atoms with Crippen LogP contribution in [0.1, 0.15) is 46.0 Å². The summed E-state index contributed by atoms with van der Waals surface area (Å²) in [5.41, 5.74) is -1.99. The van der Waals surface area contributed by atoms with E-state index in [4.69, 9.17) is 18.9 Å². The van der Waals surface area contributed by atoms with Crippen LogP contribution in [0, 0.1) is 10.8 Å². The standard InChI is InChI=1S/C23H38F10O6/c1-18(12-34,16-38-8-4-20(24,25)10-22(28,29)30)14-36-6-3-7-37-15-19(2,13-35)17-39-9-5-21(26,27)11-23(31,32)33/h34-35H,3-17H2,1-2H3. The molecule has 0 aliphatic heterocycles. The fourth-order valence-electron chi connectivity index (χ4n) is 3.01. The Labute approximate surface area is 220 Å². The van der Waals surface area contributed by atoms with Crippen molar-refractivity contribution in [3.8, 4) is 0 Å². The summed E-state index contributed by atoms with van der Waals surface area (Å²) in [6.07, 6.45) is -16.4. The Morgan fingerprint density at radius 1 is 0.487 bits per heavy atom. The second kappa shape index (κ2) is 16.5. The van der Waals surface area contributed by atoms with E-state index in [1.807, 2.05) is 0 Å². The predicted molar refractivity (Wildman–Crippen MR) is 119 cm³/mol. The van der Waals surface area contributed by atoms with Gasteiger partial charge in [0.15, 0.2) is 0 Å². The van der Waals surface area contributed by atoms with Gasteiger partial charge < -0.3 is 29.2 Å². The number of aliphatic hydroxyl groups excluding tert-OH is 2. The number of alkyl halides is 10. The van der Waals surface area contributed by atoms with Gasteiger partial charge in [0.1, 0.15) is 12.8 Å². The molecular weight excluding hydrogens is 562 g/mol. The molecule has 0 spiro atoms. The van der Waals surface area contributed by atoms with Crippen molar-refractivity contribution in [2.24, 2.45) is 10.8 Å². The normalized spacial score (nSPS) is 16.8. The SMILES string of the molecule is CC(CO)(COCCCOCC(C)(CO)COCCC(F)(F)CC(F)(F)F)COCCC(F)(F)CC(F)(F)F. The van der Waals surface area contributed by atoms with E-state index in [1.165, 1.54) is 13.8 Å². The minimum atomic E-state index is -5.01. The fraction of sp³-hybridized carbons (Fsp3) is 1.00. The number of rotatable bonds is 22. The highest BCUT2D eigenvalue weighted by atomic mass is 19.4. The molecule has 39 heavy (non-hydrogen) atoms. The quantitative estimate of drug-likeness (QED) is 0.128. The molecule has 0 heterocycles. The molecule has 0 aliphatic rings. The molecule has 236 valence electrons. The summed E-state index contributed by atoms with van der Waals surface area (Å²) >= 11 is 0. The van der Waals surface area contributed by atoms with Crippen molar-refractivity contribution in [2.45, 2.75) is 70.1 Å². The lowest BCUT2D eigenvalue weighted by atomic mass is 9.94. The monoisotopic (exact) mass is 600 g/mol. The zero-order valence-electron chi connectivity index (χ0n) is 21.9. The summed E-state index contributed by atoms with van der Waals surface area (Å²) in [4.78, 5) is 0. The molecule has 0 saturated carbocycles. The van der Waals surface area contributed by atoms with Crippen LogP contribution in [0.5, 0.6) is 0 Å². The van der Waals surface area contributed by atoms with Gasteiger partial charge in [-0.05, 0) is 6.42 Å². The summed E-state index contributed by atoms with van der Waals surface area (Å²) in [6, 6.07) is 0. The van der Waals surface area contributed by atoms with Crippen LogP contribution in [0.2, 0.25) is 0 Å². The minimum absolute atomic E-state index is 0.0520. The van der Waals surface area contributed by atoms with Crippen molar-refractivity contribution in [1.29, 1.82) is 0 Å². The lowest BCUT2D eigenvalue weighted by Gasteiger charge is -2.28. The molecule has 0 aromatic carbocycles. The van der Waals surface area contributed by atoms with Gasteiger partial charge in [0.2, 0.25) is 0 Å². The number of hydrogen-bond acceptors (Lipinski definition) is 6. The van der Waals surface area contributed by atoms with E-state index in [0.29, 0.717) is 6.42 Å². The number of halogens is 10. The van der Waals surface area contributed by atoms with Gasteiger partial charge in [0.05, 0.1) is 52.9 Å². The Balaban J connectivity index is 4.16. The van der Waals surface area contributed by atoms with Gasteiger partial charge in [-0.1, -0.05) is 13.8 Å². The van der Waals surface area contributed by atoms with E-state index < -0.39 is 87.1 Å². The first-order valence-corrected chi connectivity index (χ1v) is 12.1. The van der Waals surface area contributed by atoms with Gasteiger partial charge in [-0.3, -0.25) is 0 Å². The molecule has 0 aromatic rings. The minimum Gasteiger partial charge on any atom is -0.396 e. The molecule has 0 aromatic heterocycles. The largest absolute Gasteiger partial charge is 0.396 e. The van der Waals surface area contributed by atoms with Crippen molar-refractivity contribution in [3.63, 3.8) is 0 Å². The van der Waals surface area contributed by atoms with E-state index in [0.717, 1.165) is 0 Å². The molecule has 0 aliphatic carbocycles. The molecule has 0 radical (unpaired) electrons. The molecule has 0 rings (SSSR count). The van der Waals surface area contributed by atoms with Crippen LogP contribution in [0.4, 0.5) is 43.9 Å². The average molecular weight is 601 g/mol. The van der Waals surface area contributed by atoms with Crippen LogP contribution in [0.15, 0.2) is 0 Å². The van der Waals surface area contributed by atoms with E-state index in [-0.39, 0.29) is 39.6 Å². The third-order valence-corrected chi connectivity index (χ3v) is 5.29. The zero-order valence-corrected chi connectivity index (χ0v) is 21.9. The van der Waals surface area contributed by atoms with Gasteiger partial charge in [0.25, 0.3) is 11.8 Å². The highest BCUT2D eigenvalue weighted by molar-refractivity contribution is 4.75. The van der Waals surface area contributed by atoms with Crippen LogP contribution < -0.4 is 0 Å². The van der Waals surface area contributed by atoms with Gasteiger partial charge in [0, 0.05) is 36.9 Å². The van der Waals surface area contributed by atoms with Gasteiger partial charge >= 0.3 is 12.4 Å². The maximum absolute atomic E-state index is 13.3. The molecule has 0 amide bonds. The molecule has 2 atom stereocenters. The van der Waals surface area contributed by atoms with Crippen molar-refractivity contribution in [2.75, 3.05) is 66.1 Å². The smallest absolute Gasteiger partial charge is 0.394 e. The van der Waals surface area contributed by atoms with Crippen molar-refractivity contribution < 1.29 is 73.1 Å². The first-order chi connectivity index (χ1) is 17.7. The molecule has 0 saturated heterocycles. The van der Waals surface area contributed by atoms with Gasteiger partial charge in [-0.2, -0.15) is 26.3 Å². The molecule has 6 nitrogen and oxygen atoms in total. The van der Waals surface area contributed by atoms with Gasteiger partial charge in [-0.25, -0.2) is 17.6 Å². The lowest BCUT2D eigenvalue weighted by molar-refractivity contribution is -0.194. The lowest BCUT2D eigenvalue weighted by Crippen LogP contribution is -2.35. The molecule has 0 fully saturated rings. The van der Waals surface area contributed by atoms with Crippen LogP contribution in [-0.4, -0.2) is 100 Å². The van der Waals surface area contributed by atoms with Gasteiger partial charge in [-0.15, -0.1) is 0 Å². The number of hydrogen-bond donors (Lipinski definition) is 2. The van der Waals surface area contributed by atoms with Crippen molar-refractivity contribution >= 4 is 0 Å². The Hall–Kier alpha value is -0.940. The maximum Gasteiger partial charge on any atom is 0.394 e. The van der Waals surface area contributed by atoms with Crippen molar-refractivity contribution in [3.05, 3.63) is 0 Å². The molecule has 2 N–H and O–H groups in total. The number of ether oxygens (including phenoxy) is 4. The molecule has 0 bridgehead atoms. The summed E-state index contributed by atoms with van der Waals surface area (Å²) in [7, 11) is 0. The predicted octanol–water partition coefficient (Wildman–Crippen LogP) is 5.40. The average Bonchev–Trinajstić information content (AvgIpc) is 2.76. The summed E-state index contributed by atoms with van der Waals surface area (Å²) in [5, 5.41) is 19.1. The Morgan fingerprint density at radius 2 is 0.769 bits per heavy atom. The second-order valence-electron chi connectivity index (χ2n) is 10.3. The Kier molecular flexibility index (Phi) is 16.1. The zero-order chi connectivity index (χ0) is 30.4. The number of aliphatic hydroxyl groups is 2. The molecule has 16 heteroatoms. The summed E-state index contributed by atoms with van der Waals surface area (Å²) in [6.45, 7) is 0.585. The van der Waals surface area contributed by atoms with E-state index in [2.05, 4.69) is 0 Å². The van der Waals surface area contributed by atoms with Crippen LogP contribution in [-0.2, 0) is 18.9 Å². The van der Waals surface area contributed by atoms with Crippen LogP contribution >= 0.6 is 0 Å². The van der Waals surface area contributed by atoms with Crippen molar-refractivity contribution in [1.82, 2.24) is 0 Å². The topological polar surface area (TPSA) is 77.4 Å². The Morgan fingerprint density at radius 3 is 1.03 bits per heavy atom. The third kappa shape index (κ3) is 20.6. The first-order valence-electron chi connectivity index (χ1n) is 12.1. The highest BCUT2D eigenvalue weighted by Gasteiger charge is 2.44. The first kappa shape index (κ1) is 38.1. The molecular formula is C23H38F10O6. The Bertz CT molecular complexity index is 608. The maximum atomic E-state index is 13.3. The van der Waals surface area contributed by atoms with Crippen LogP contribution in [0.3, 0.4) is 0 Å². The fourth-order valence-corrected chi connectivity index (χ4v) is 3.01. The summed E-state index contributed by atoms with van der Waals surface area (Å²) < 4.78 is 147. The van der Waals surface area contributed by atoms with E-state index in [1.54, 1.807) is 0 Å². The van der Waals surface area contributed by atoms with E-state index >= 15 is 0 Å².